The van der Waals surface area contributed by atoms with Crippen LogP contribution < -0.4 is 0 Å². The van der Waals surface area contributed by atoms with E-state index in [-0.39, 0.29) is 18.5 Å². The Bertz CT molecular complexity index is 1060. The fraction of sp³-hybridized carbons (Fsp3) is 0.292. The van der Waals surface area contributed by atoms with Crippen LogP contribution >= 0.6 is 0 Å². The van der Waals surface area contributed by atoms with Gasteiger partial charge in [0, 0.05) is 19.4 Å². The predicted octanol–water partition coefficient (Wildman–Crippen LogP) is 4.27. The quantitative estimate of drug-likeness (QED) is 0.547. The minimum atomic E-state index is -0.291. The number of aryl methyl sites for hydroxylation is 1. The molecule has 1 aliphatic heterocycles. The van der Waals surface area contributed by atoms with Crippen molar-refractivity contribution in [2.24, 2.45) is 5.10 Å². The van der Waals surface area contributed by atoms with Crippen LogP contribution in [0.2, 0.25) is 0 Å². The third-order valence-corrected chi connectivity index (χ3v) is 5.28. The molecule has 0 saturated carbocycles. The first-order valence-corrected chi connectivity index (χ1v) is 10.3. The summed E-state index contributed by atoms with van der Waals surface area (Å²) in [5.41, 5.74) is 3.02. The van der Waals surface area contributed by atoms with E-state index in [0.29, 0.717) is 31.7 Å². The van der Waals surface area contributed by atoms with Gasteiger partial charge in [0.2, 0.25) is 0 Å². The summed E-state index contributed by atoms with van der Waals surface area (Å²) in [5, 5.41) is 15.2. The molecule has 3 heterocycles. The van der Waals surface area contributed by atoms with Crippen molar-refractivity contribution in [3.63, 3.8) is 0 Å². The molecule has 7 heteroatoms. The molecule has 1 aromatic carbocycles. The maximum absolute atomic E-state index is 13.3. The summed E-state index contributed by atoms with van der Waals surface area (Å²) in [6.45, 7) is 3.09. The fourth-order valence-electron chi connectivity index (χ4n) is 3.67. The highest BCUT2D eigenvalue weighted by Crippen LogP contribution is 2.33. The molecule has 1 atom stereocenters. The molecule has 0 radical (unpaired) electrons. The van der Waals surface area contributed by atoms with Crippen LogP contribution in [0.5, 0.6) is 0 Å². The maximum Gasteiger partial charge on any atom is 0.257 e. The molecule has 2 aromatic heterocycles. The molecule has 1 aliphatic rings. The van der Waals surface area contributed by atoms with Crippen molar-refractivity contribution in [1.29, 1.82) is 5.26 Å². The molecule has 0 spiro atoms. The number of amides is 1. The van der Waals surface area contributed by atoms with Gasteiger partial charge in [-0.2, -0.15) is 10.4 Å². The number of carbonyl (C=O) groups is 1. The van der Waals surface area contributed by atoms with Crippen LogP contribution in [0.15, 0.2) is 75.0 Å². The largest absolute Gasteiger partial charge is 0.468 e. The second-order valence-corrected chi connectivity index (χ2v) is 7.58. The Hall–Kier alpha value is -3.63. The fourth-order valence-corrected chi connectivity index (χ4v) is 3.67. The van der Waals surface area contributed by atoms with Crippen LogP contribution in [0.3, 0.4) is 0 Å². The smallest absolute Gasteiger partial charge is 0.257 e. The van der Waals surface area contributed by atoms with E-state index < -0.39 is 0 Å². The van der Waals surface area contributed by atoms with E-state index in [1.807, 2.05) is 60.4 Å². The third-order valence-electron chi connectivity index (χ3n) is 5.28. The number of nitrogens with zero attached hydrogens (tertiary/aromatic N) is 4. The van der Waals surface area contributed by atoms with E-state index in [9.17, 15) is 4.79 Å². The Kier molecular flexibility index (Phi) is 6.29. The molecule has 1 unspecified atom stereocenters. The number of hydrazone groups is 1. The summed E-state index contributed by atoms with van der Waals surface area (Å²) in [6.07, 6.45) is 4.12. The highest BCUT2D eigenvalue weighted by Gasteiger charge is 2.35. The number of hydrogen-bond acceptors (Lipinski definition) is 6. The number of carbonyl (C=O) groups excluding carboxylic acids is 1. The van der Waals surface area contributed by atoms with E-state index in [4.69, 9.17) is 14.1 Å². The minimum absolute atomic E-state index is 0.129. The van der Waals surface area contributed by atoms with Crippen LogP contribution in [0.25, 0.3) is 0 Å². The summed E-state index contributed by atoms with van der Waals surface area (Å²) in [5.74, 6) is 1.31. The van der Waals surface area contributed by atoms with Crippen LogP contribution in [-0.4, -0.2) is 34.6 Å². The van der Waals surface area contributed by atoms with Gasteiger partial charge < -0.3 is 8.83 Å². The molecule has 0 fully saturated rings. The van der Waals surface area contributed by atoms with Crippen LogP contribution in [0.1, 0.15) is 41.5 Å². The van der Waals surface area contributed by atoms with Crippen molar-refractivity contribution in [3.8, 4) is 6.07 Å². The Morgan fingerprint density at radius 3 is 2.65 bits per heavy atom. The average molecular weight is 416 g/mol. The molecule has 7 nitrogen and oxygen atoms in total. The summed E-state index contributed by atoms with van der Waals surface area (Å²) in [4.78, 5) is 15.2. The molecule has 4 rings (SSSR count). The first-order chi connectivity index (χ1) is 15.1. The normalized spacial score (nSPS) is 15.8. The highest BCUT2D eigenvalue weighted by atomic mass is 16.3. The molecule has 0 saturated heterocycles. The Morgan fingerprint density at radius 2 is 1.97 bits per heavy atom. The number of benzene rings is 1. The SMILES string of the molecule is Cc1ccc(C2=NN(C(=O)CN(CCC#N)Cc3ccco3)C(c3ccco3)C2)cc1. The lowest BCUT2D eigenvalue weighted by Crippen LogP contribution is -2.38. The Labute approximate surface area is 181 Å². The van der Waals surface area contributed by atoms with E-state index in [1.165, 1.54) is 10.6 Å². The first-order valence-electron chi connectivity index (χ1n) is 10.3. The van der Waals surface area contributed by atoms with E-state index in [1.54, 1.807) is 12.5 Å². The lowest BCUT2D eigenvalue weighted by molar-refractivity contribution is -0.134. The van der Waals surface area contributed by atoms with Gasteiger partial charge in [0.05, 0.1) is 37.4 Å². The summed E-state index contributed by atoms with van der Waals surface area (Å²) >= 11 is 0. The molecule has 0 aliphatic carbocycles. The summed E-state index contributed by atoms with van der Waals surface area (Å²) < 4.78 is 11.0. The topological polar surface area (TPSA) is 86.0 Å². The van der Waals surface area contributed by atoms with Gasteiger partial charge in [0.25, 0.3) is 5.91 Å². The monoisotopic (exact) mass is 416 g/mol. The number of nitriles is 1. The number of rotatable bonds is 8. The first kappa shape index (κ1) is 20.6. The summed E-state index contributed by atoms with van der Waals surface area (Å²) in [6, 6.07) is 17.3. The van der Waals surface area contributed by atoms with Gasteiger partial charge in [-0.1, -0.05) is 29.8 Å². The maximum atomic E-state index is 13.3. The Morgan fingerprint density at radius 1 is 1.19 bits per heavy atom. The van der Waals surface area contributed by atoms with Gasteiger partial charge in [-0.25, -0.2) is 5.01 Å². The zero-order valence-electron chi connectivity index (χ0n) is 17.4. The van der Waals surface area contributed by atoms with E-state index in [2.05, 4.69) is 11.2 Å². The summed E-state index contributed by atoms with van der Waals surface area (Å²) in [7, 11) is 0. The Balaban J connectivity index is 1.55. The number of hydrogen-bond donors (Lipinski definition) is 0. The second-order valence-electron chi connectivity index (χ2n) is 7.58. The third kappa shape index (κ3) is 4.93. The molecule has 31 heavy (non-hydrogen) atoms. The highest BCUT2D eigenvalue weighted by molar-refractivity contribution is 6.03. The zero-order valence-corrected chi connectivity index (χ0v) is 17.4. The predicted molar refractivity (Wildman–Crippen MR) is 115 cm³/mol. The standard InChI is InChI=1S/C24H24N4O3/c1-18-7-9-19(10-8-18)21-15-22(23-6-3-14-31-23)28(26-21)24(29)17-27(12-4-11-25)16-20-5-2-13-30-20/h2-3,5-10,13-14,22H,4,12,15-17H2,1H3. The lowest BCUT2D eigenvalue weighted by Gasteiger charge is -2.24. The van der Waals surface area contributed by atoms with Crippen molar-refractivity contribution in [2.45, 2.75) is 32.4 Å². The molecular formula is C24H24N4O3. The molecule has 158 valence electrons. The van der Waals surface area contributed by atoms with E-state index in [0.717, 1.165) is 17.0 Å². The molecular weight excluding hydrogens is 392 g/mol. The molecule has 0 N–H and O–H groups in total. The van der Waals surface area contributed by atoms with Gasteiger partial charge in [-0.05, 0) is 36.8 Å². The molecule has 0 bridgehead atoms. The van der Waals surface area contributed by atoms with Gasteiger partial charge in [0.15, 0.2) is 0 Å². The van der Waals surface area contributed by atoms with Crippen molar-refractivity contribution >= 4 is 11.6 Å². The van der Waals surface area contributed by atoms with Crippen molar-refractivity contribution in [3.05, 3.63) is 83.7 Å². The second kappa shape index (κ2) is 9.45. The van der Waals surface area contributed by atoms with Gasteiger partial charge in [-0.15, -0.1) is 0 Å². The van der Waals surface area contributed by atoms with Crippen molar-refractivity contribution < 1.29 is 13.6 Å². The van der Waals surface area contributed by atoms with Crippen molar-refractivity contribution in [1.82, 2.24) is 9.91 Å². The van der Waals surface area contributed by atoms with Gasteiger partial charge >= 0.3 is 0 Å². The minimum Gasteiger partial charge on any atom is -0.468 e. The zero-order chi connectivity index (χ0) is 21.6. The van der Waals surface area contributed by atoms with E-state index >= 15 is 0 Å². The van der Waals surface area contributed by atoms with Crippen LogP contribution in [-0.2, 0) is 11.3 Å². The van der Waals surface area contributed by atoms with Crippen molar-refractivity contribution in [2.75, 3.05) is 13.1 Å². The van der Waals surface area contributed by atoms with Gasteiger partial charge in [-0.3, -0.25) is 9.69 Å². The van der Waals surface area contributed by atoms with Crippen LogP contribution in [0.4, 0.5) is 0 Å². The molecule has 1 amide bonds. The number of furan rings is 2. The molecule has 3 aromatic rings. The van der Waals surface area contributed by atoms with Gasteiger partial charge in [0.1, 0.15) is 17.6 Å². The average Bonchev–Trinajstić information content (AvgIpc) is 3.53. The lowest BCUT2D eigenvalue weighted by atomic mass is 10.0. The van der Waals surface area contributed by atoms with Crippen LogP contribution in [0, 0.1) is 18.3 Å².